The summed E-state index contributed by atoms with van der Waals surface area (Å²) >= 11 is 5.37. The van der Waals surface area contributed by atoms with Gasteiger partial charge in [0.15, 0.2) is 0 Å². The molecule has 0 fully saturated rings. The molecule has 26 heavy (non-hydrogen) atoms. The number of fused-ring (bicyclic) bond motifs is 3. The highest BCUT2D eigenvalue weighted by Crippen LogP contribution is 2.42. The van der Waals surface area contributed by atoms with E-state index in [2.05, 4.69) is 63.5 Å². The lowest BCUT2D eigenvalue weighted by atomic mass is 10.1. The number of aromatic nitrogens is 3. The van der Waals surface area contributed by atoms with Crippen LogP contribution >= 0.6 is 34.0 Å². The third-order valence-corrected chi connectivity index (χ3v) is 7.73. The smallest absolute Gasteiger partial charge is 0.0931 e. The Balaban J connectivity index is 1.43. The van der Waals surface area contributed by atoms with Crippen molar-refractivity contribution in [2.45, 2.75) is 0 Å². The fraction of sp³-hybridized carbons (Fsp3) is 0. The zero-order valence-electron chi connectivity index (χ0n) is 13.4. The molecular weight excluding hydrogens is 378 g/mol. The number of imidazole rings is 1. The van der Waals surface area contributed by atoms with Crippen molar-refractivity contribution in [1.29, 1.82) is 0 Å². The van der Waals surface area contributed by atoms with Gasteiger partial charge >= 0.3 is 0 Å². The molecule has 2 aromatic carbocycles. The maximum atomic E-state index is 4.44. The predicted octanol–water partition coefficient (Wildman–Crippen LogP) is 6.78. The molecule has 4 aromatic heterocycles. The Labute approximate surface area is 160 Å². The van der Waals surface area contributed by atoms with Gasteiger partial charge in [0.2, 0.25) is 0 Å². The number of H-pyrrole nitrogens is 1. The lowest BCUT2D eigenvalue weighted by Gasteiger charge is -1.98. The normalized spacial score (nSPS) is 11.8. The van der Waals surface area contributed by atoms with Gasteiger partial charge < -0.3 is 4.98 Å². The van der Waals surface area contributed by atoms with Crippen molar-refractivity contribution in [2.24, 2.45) is 0 Å². The monoisotopic (exact) mass is 389 g/mol. The number of thiophene rings is 2. The van der Waals surface area contributed by atoms with Gasteiger partial charge in [-0.25, -0.2) is 9.97 Å². The Morgan fingerprint density at radius 3 is 2.23 bits per heavy atom. The lowest BCUT2D eigenvalue weighted by Crippen LogP contribution is -1.74. The molecular formula is C20H11N3S3. The van der Waals surface area contributed by atoms with Crippen molar-refractivity contribution >= 4 is 64.7 Å². The molecule has 0 saturated carbocycles. The summed E-state index contributed by atoms with van der Waals surface area (Å²) in [5.74, 6) is 0. The Hall–Kier alpha value is -2.54. The van der Waals surface area contributed by atoms with Gasteiger partial charge in [0, 0.05) is 19.2 Å². The first-order valence-corrected chi connectivity index (χ1v) is 10.7. The van der Waals surface area contributed by atoms with Crippen LogP contribution in [0.1, 0.15) is 0 Å². The molecule has 1 N–H and O–H groups in total. The molecule has 6 heteroatoms. The summed E-state index contributed by atoms with van der Waals surface area (Å²) in [4.78, 5) is 14.5. The van der Waals surface area contributed by atoms with E-state index in [0.717, 1.165) is 16.6 Å². The predicted molar refractivity (Wildman–Crippen MR) is 113 cm³/mol. The maximum absolute atomic E-state index is 4.44. The summed E-state index contributed by atoms with van der Waals surface area (Å²) in [6, 6.07) is 17.6. The standard InChI is InChI=1S/C20H11N3S3/c1-3-13-14(22-9-21-13)5-11(1)17-7-19-20(25-17)8-18(26-19)12-2-4-16-15(6-12)23-10-24-16/h1-10H,(H,21,22). The van der Waals surface area contributed by atoms with Crippen LogP contribution in [0.25, 0.3) is 51.5 Å². The summed E-state index contributed by atoms with van der Waals surface area (Å²) in [6.45, 7) is 0. The number of nitrogens with zero attached hydrogens (tertiary/aromatic N) is 2. The fourth-order valence-corrected chi connectivity index (χ4v) is 6.26. The van der Waals surface area contributed by atoms with Crippen LogP contribution in [0.2, 0.25) is 0 Å². The molecule has 3 nitrogen and oxygen atoms in total. The van der Waals surface area contributed by atoms with Crippen molar-refractivity contribution in [3.63, 3.8) is 0 Å². The number of nitrogens with one attached hydrogen (secondary N) is 1. The number of thiazole rings is 1. The zero-order chi connectivity index (χ0) is 17.1. The molecule has 0 aliphatic heterocycles. The molecule has 0 aliphatic carbocycles. The maximum Gasteiger partial charge on any atom is 0.0931 e. The fourth-order valence-electron chi connectivity index (χ4n) is 3.22. The van der Waals surface area contributed by atoms with Crippen molar-refractivity contribution in [3.05, 3.63) is 60.4 Å². The van der Waals surface area contributed by atoms with Crippen LogP contribution in [0.4, 0.5) is 0 Å². The van der Waals surface area contributed by atoms with Crippen LogP contribution in [0.5, 0.6) is 0 Å². The van der Waals surface area contributed by atoms with Crippen LogP contribution in [-0.2, 0) is 0 Å². The Morgan fingerprint density at radius 2 is 1.42 bits per heavy atom. The minimum atomic E-state index is 1.01. The SMILES string of the molecule is c1nc2cc(-c3cc4sc(-c5ccc6scnc6c5)cc4s3)ccc2[nH]1. The average Bonchev–Trinajstić information content (AvgIpc) is 3.41. The number of rotatable bonds is 2. The van der Waals surface area contributed by atoms with Gasteiger partial charge in [0.1, 0.15) is 0 Å². The van der Waals surface area contributed by atoms with E-state index in [9.17, 15) is 0 Å². The third-order valence-electron chi connectivity index (χ3n) is 4.53. The van der Waals surface area contributed by atoms with Gasteiger partial charge in [-0.05, 0) is 47.5 Å². The number of hydrogen-bond acceptors (Lipinski definition) is 5. The largest absolute Gasteiger partial charge is 0.345 e. The second-order valence-electron chi connectivity index (χ2n) is 6.12. The Morgan fingerprint density at radius 1 is 0.692 bits per heavy atom. The highest BCUT2D eigenvalue weighted by Gasteiger charge is 2.11. The minimum absolute atomic E-state index is 1.01. The molecule has 0 amide bonds. The van der Waals surface area contributed by atoms with E-state index < -0.39 is 0 Å². The van der Waals surface area contributed by atoms with Crippen LogP contribution in [0.3, 0.4) is 0 Å². The highest BCUT2D eigenvalue weighted by atomic mass is 32.1. The average molecular weight is 390 g/mol. The van der Waals surface area contributed by atoms with E-state index in [-0.39, 0.29) is 0 Å². The van der Waals surface area contributed by atoms with Gasteiger partial charge in [-0.15, -0.1) is 34.0 Å². The van der Waals surface area contributed by atoms with Gasteiger partial charge in [-0.2, -0.15) is 0 Å². The van der Waals surface area contributed by atoms with E-state index in [1.807, 2.05) is 28.2 Å². The minimum Gasteiger partial charge on any atom is -0.345 e. The summed E-state index contributed by atoms with van der Waals surface area (Å²) < 4.78 is 3.91. The Kier molecular flexibility index (Phi) is 3.08. The van der Waals surface area contributed by atoms with Gasteiger partial charge in [0.05, 0.1) is 33.1 Å². The molecule has 0 saturated heterocycles. The van der Waals surface area contributed by atoms with E-state index in [1.165, 1.54) is 35.0 Å². The van der Waals surface area contributed by atoms with Crippen molar-refractivity contribution in [1.82, 2.24) is 15.0 Å². The lowest BCUT2D eigenvalue weighted by molar-refractivity contribution is 1.34. The second kappa shape index (κ2) is 5.48. The molecule has 0 aliphatic rings. The zero-order valence-corrected chi connectivity index (χ0v) is 15.8. The van der Waals surface area contributed by atoms with E-state index >= 15 is 0 Å². The molecule has 4 heterocycles. The Bertz CT molecular complexity index is 1260. The first-order chi connectivity index (χ1) is 12.8. The topological polar surface area (TPSA) is 41.6 Å². The summed E-state index contributed by atoms with van der Waals surface area (Å²) in [5, 5.41) is 0. The molecule has 0 atom stereocenters. The molecule has 0 radical (unpaired) electrons. The van der Waals surface area contributed by atoms with E-state index in [0.29, 0.717) is 0 Å². The first-order valence-electron chi connectivity index (χ1n) is 8.14. The number of benzene rings is 2. The molecule has 0 unspecified atom stereocenters. The van der Waals surface area contributed by atoms with Crippen molar-refractivity contribution in [3.8, 4) is 20.9 Å². The molecule has 0 spiro atoms. The molecule has 6 aromatic rings. The van der Waals surface area contributed by atoms with E-state index in [4.69, 9.17) is 0 Å². The molecule has 6 rings (SSSR count). The van der Waals surface area contributed by atoms with Crippen LogP contribution in [0, 0.1) is 0 Å². The van der Waals surface area contributed by atoms with Crippen LogP contribution < -0.4 is 0 Å². The van der Waals surface area contributed by atoms with Gasteiger partial charge in [0.25, 0.3) is 0 Å². The van der Waals surface area contributed by atoms with Crippen molar-refractivity contribution in [2.75, 3.05) is 0 Å². The molecule has 124 valence electrons. The van der Waals surface area contributed by atoms with Crippen molar-refractivity contribution < 1.29 is 0 Å². The number of aromatic amines is 1. The summed E-state index contributed by atoms with van der Waals surface area (Å²) in [6.07, 6.45) is 1.74. The van der Waals surface area contributed by atoms with E-state index in [1.54, 1.807) is 17.7 Å². The third kappa shape index (κ3) is 2.23. The van der Waals surface area contributed by atoms with Crippen LogP contribution in [-0.4, -0.2) is 15.0 Å². The number of hydrogen-bond donors (Lipinski definition) is 1. The van der Waals surface area contributed by atoms with Gasteiger partial charge in [-0.1, -0.05) is 12.1 Å². The summed E-state index contributed by atoms with van der Waals surface area (Å²) in [5.41, 5.74) is 7.55. The first kappa shape index (κ1) is 14.6. The second-order valence-corrected chi connectivity index (χ2v) is 9.17. The van der Waals surface area contributed by atoms with Gasteiger partial charge in [-0.3, -0.25) is 0 Å². The highest BCUT2D eigenvalue weighted by molar-refractivity contribution is 7.31. The van der Waals surface area contributed by atoms with Crippen LogP contribution in [0.15, 0.2) is 60.4 Å². The quantitative estimate of drug-likeness (QED) is 0.354. The molecule has 0 bridgehead atoms. The summed E-state index contributed by atoms with van der Waals surface area (Å²) in [7, 11) is 0.